The molecule has 1 fully saturated rings. The van der Waals surface area contributed by atoms with Crippen LogP contribution in [0.1, 0.15) is 28.3 Å². The number of carbonyl (C=O) groups excluding carboxylic acids is 2. The number of halogens is 1. The highest BCUT2D eigenvalue weighted by Crippen LogP contribution is 2.41. The summed E-state index contributed by atoms with van der Waals surface area (Å²) >= 11 is 0. The summed E-state index contributed by atoms with van der Waals surface area (Å²) < 4.78 is 14.7. The van der Waals surface area contributed by atoms with Crippen LogP contribution in [0.2, 0.25) is 0 Å². The Morgan fingerprint density at radius 1 is 0.933 bits per heavy atom. The first-order valence-corrected chi connectivity index (χ1v) is 9.61. The summed E-state index contributed by atoms with van der Waals surface area (Å²) in [5.74, 6) is -2.44. The minimum absolute atomic E-state index is 0.107. The predicted molar refractivity (Wildman–Crippen MR) is 112 cm³/mol. The average molecular weight is 401 g/mol. The lowest BCUT2D eigenvalue weighted by molar-refractivity contribution is -0.140. The van der Waals surface area contributed by atoms with E-state index < -0.39 is 23.5 Å². The van der Waals surface area contributed by atoms with Crippen LogP contribution in [0.25, 0.3) is 5.76 Å². The van der Waals surface area contributed by atoms with E-state index in [1.807, 2.05) is 37.3 Å². The molecule has 0 saturated carbocycles. The zero-order valence-electron chi connectivity index (χ0n) is 16.4. The topological polar surface area (TPSA) is 57.6 Å². The Morgan fingerprint density at radius 3 is 2.23 bits per heavy atom. The van der Waals surface area contributed by atoms with E-state index in [9.17, 15) is 19.1 Å². The van der Waals surface area contributed by atoms with E-state index in [2.05, 4.69) is 0 Å². The SMILES string of the molecule is Cc1ccc(/C(O)=C2\C(=O)C(=O)N(Cc3ccccc3)C2c2ccccc2F)cc1. The summed E-state index contributed by atoms with van der Waals surface area (Å²) in [5.41, 5.74) is 2.25. The number of rotatable bonds is 4. The Labute approximate surface area is 173 Å². The molecule has 0 spiro atoms. The van der Waals surface area contributed by atoms with E-state index in [1.165, 1.54) is 17.0 Å². The molecule has 150 valence electrons. The molecule has 5 heteroatoms. The van der Waals surface area contributed by atoms with Crippen molar-refractivity contribution in [2.24, 2.45) is 0 Å². The van der Waals surface area contributed by atoms with E-state index >= 15 is 0 Å². The first-order valence-electron chi connectivity index (χ1n) is 9.61. The van der Waals surface area contributed by atoms with Gasteiger partial charge < -0.3 is 10.0 Å². The molecule has 1 saturated heterocycles. The second-order valence-corrected chi connectivity index (χ2v) is 7.30. The molecule has 1 unspecified atom stereocenters. The zero-order valence-corrected chi connectivity index (χ0v) is 16.4. The Kier molecular flexibility index (Phi) is 5.19. The van der Waals surface area contributed by atoms with Gasteiger partial charge in [0.1, 0.15) is 11.6 Å². The summed E-state index contributed by atoms with van der Waals surface area (Å²) in [6.45, 7) is 2.02. The van der Waals surface area contributed by atoms with Crippen LogP contribution in [0, 0.1) is 12.7 Å². The molecule has 0 aromatic heterocycles. The fraction of sp³-hybridized carbons (Fsp3) is 0.120. The third kappa shape index (κ3) is 3.50. The molecule has 1 N–H and O–H groups in total. The van der Waals surface area contributed by atoms with Crippen LogP contribution in [0.4, 0.5) is 4.39 Å². The number of hydrogen-bond donors (Lipinski definition) is 1. The van der Waals surface area contributed by atoms with Gasteiger partial charge in [0.15, 0.2) is 0 Å². The van der Waals surface area contributed by atoms with Crippen molar-refractivity contribution in [1.82, 2.24) is 4.90 Å². The van der Waals surface area contributed by atoms with Crippen LogP contribution in [0.15, 0.2) is 84.4 Å². The van der Waals surface area contributed by atoms with E-state index in [1.54, 1.807) is 36.4 Å². The number of nitrogens with zero attached hydrogens (tertiary/aromatic N) is 1. The first kappa shape index (κ1) is 19.6. The zero-order chi connectivity index (χ0) is 21.3. The Morgan fingerprint density at radius 2 is 1.57 bits per heavy atom. The largest absolute Gasteiger partial charge is 0.507 e. The van der Waals surface area contributed by atoms with E-state index in [0.717, 1.165) is 11.1 Å². The van der Waals surface area contributed by atoms with Gasteiger partial charge in [0, 0.05) is 17.7 Å². The van der Waals surface area contributed by atoms with Gasteiger partial charge in [0.2, 0.25) is 0 Å². The van der Waals surface area contributed by atoms with Crippen LogP contribution >= 0.6 is 0 Å². The highest BCUT2D eigenvalue weighted by molar-refractivity contribution is 6.46. The molecule has 4 nitrogen and oxygen atoms in total. The maximum absolute atomic E-state index is 14.7. The van der Waals surface area contributed by atoms with Gasteiger partial charge in [-0.25, -0.2) is 4.39 Å². The molecule has 0 radical (unpaired) electrons. The standard InChI is InChI=1S/C25H20FNO3/c1-16-11-13-18(14-12-16)23(28)21-22(19-9-5-6-10-20(19)26)27(25(30)24(21)29)15-17-7-3-2-4-8-17/h2-14,22,28H,15H2,1H3/b23-21+. The number of carbonyl (C=O) groups is 2. The Hall–Kier alpha value is -3.73. The van der Waals surface area contributed by atoms with Gasteiger partial charge >= 0.3 is 0 Å². The summed E-state index contributed by atoms with van der Waals surface area (Å²) in [4.78, 5) is 27.2. The third-order valence-corrected chi connectivity index (χ3v) is 5.26. The maximum atomic E-state index is 14.7. The fourth-order valence-electron chi connectivity index (χ4n) is 3.71. The summed E-state index contributed by atoms with van der Waals surface area (Å²) in [6, 6.07) is 21.1. The Balaban J connectivity index is 1.88. The van der Waals surface area contributed by atoms with E-state index in [-0.39, 0.29) is 23.4 Å². The van der Waals surface area contributed by atoms with Gasteiger partial charge in [-0.2, -0.15) is 0 Å². The van der Waals surface area contributed by atoms with Gasteiger partial charge in [-0.15, -0.1) is 0 Å². The first-order chi connectivity index (χ1) is 14.5. The van der Waals surface area contributed by atoms with Gasteiger partial charge in [0.25, 0.3) is 11.7 Å². The van der Waals surface area contributed by atoms with Crippen LogP contribution in [-0.2, 0) is 16.1 Å². The van der Waals surface area contributed by atoms with Crippen LogP contribution in [0.5, 0.6) is 0 Å². The maximum Gasteiger partial charge on any atom is 0.295 e. The van der Waals surface area contributed by atoms with Gasteiger partial charge in [0.05, 0.1) is 11.6 Å². The number of Topliss-reactive ketones (excluding diaryl/α,β-unsaturated/α-hetero) is 1. The van der Waals surface area contributed by atoms with Crippen molar-refractivity contribution in [1.29, 1.82) is 0 Å². The molecule has 1 aliphatic rings. The molecule has 4 rings (SSSR count). The second-order valence-electron chi connectivity index (χ2n) is 7.30. The highest BCUT2D eigenvalue weighted by atomic mass is 19.1. The van der Waals surface area contributed by atoms with Crippen LogP contribution in [-0.4, -0.2) is 21.7 Å². The number of aliphatic hydroxyl groups excluding tert-OH is 1. The molecular formula is C25H20FNO3. The summed E-state index contributed by atoms with van der Waals surface area (Å²) in [6.07, 6.45) is 0. The van der Waals surface area contributed by atoms with E-state index in [0.29, 0.717) is 5.56 Å². The van der Waals surface area contributed by atoms with Crippen molar-refractivity contribution in [3.63, 3.8) is 0 Å². The molecular weight excluding hydrogens is 381 g/mol. The number of aryl methyl sites for hydroxylation is 1. The highest BCUT2D eigenvalue weighted by Gasteiger charge is 2.46. The number of likely N-dealkylation sites (tertiary alicyclic amines) is 1. The number of amides is 1. The predicted octanol–water partition coefficient (Wildman–Crippen LogP) is 4.76. The fourth-order valence-corrected chi connectivity index (χ4v) is 3.71. The minimum atomic E-state index is -1.02. The number of ketones is 1. The van der Waals surface area contributed by atoms with Gasteiger partial charge in [-0.3, -0.25) is 9.59 Å². The average Bonchev–Trinajstić information content (AvgIpc) is 3.00. The van der Waals surface area contributed by atoms with Gasteiger partial charge in [-0.1, -0.05) is 78.4 Å². The molecule has 1 aliphatic heterocycles. The molecule has 30 heavy (non-hydrogen) atoms. The van der Waals surface area contributed by atoms with Crippen LogP contribution in [0.3, 0.4) is 0 Å². The number of aliphatic hydroxyl groups is 1. The van der Waals surface area contributed by atoms with Crippen molar-refractivity contribution in [3.8, 4) is 0 Å². The monoisotopic (exact) mass is 401 g/mol. The molecule has 0 bridgehead atoms. The molecule has 3 aromatic carbocycles. The lowest BCUT2D eigenvalue weighted by Gasteiger charge is -2.25. The number of hydrogen-bond acceptors (Lipinski definition) is 3. The third-order valence-electron chi connectivity index (χ3n) is 5.26. The van der Waals surface area contributed by atoms with Gasteiger partial charge in [-0.05, 0) is 18.6 Å². The van der Waals surface area contributed by atoms with Crippen molar-refractivity contribution < 1.29 is 19.1 Å². The van der Waals surface area contributed by atoms with E-state index in [4.69, 9.17) is 0 Å². The van der Waals surface area contributed by atoms with Crippen molar-refractivity contribution in [3.05, 3.63) is 113 Å². The number of benzene rings is 3. The minimum Gasteiger partial charge on any atom is -0.507 e. The van der Waals surface area contributed by atoms with Crippen molar-refractivity contribution in [2.75, 3.05) is 0 Å². The molecule has 1 atom stereocenters. The van der Waals surface area contributed by atoms with Crippen molar-refractivity contribution >= 4 is 17.4 Å². The lowest BCUT2D eigenvalue weighted by Crippen LogP contribution is -2.29. The normalized spacial score (nSPS) is 18.1. The second kappa shape index (κ2) is 7.95. The molecule has 3 aromatic rings. The Bertz CT molecular complexity index is 1140. The quantitative estimate of drug-likeness (QED) is 0.390. The summed E-state index contributed by atoms with van der Waals surface area (Å²) in [7, 11) is 0. The lowest BCUT2D eigenvalue weighted by atomic mass is 9.94. The van der Waals surface area contributed by atoms with Crippen molar-refractivity contribution in [2.45, 2.75) is 19.5 Å². The smallest absolute Gasteiger partial charge is 0.295 e. The van der Waals surface area contributed by atoms with Crippen LogP contribution < -0.4 is 0 Å². The summed E-state index contributed by atoms with van der Waals surface area (Å²) in [5, 5.41) is 11.0. The molecule has 1 amide bonds. The molecule has 1 heterocycles. The molecule has 0 aliphatic carbocycles.